The Morgan fingerprint density at radius 3 is 2.56 bits per heavy atom. The summed E-state index contributed by atoms with van der Waals surface area (Å²) in [5, 5.41) is 9.32. The van der Waals surface area contributed by atoms with Crippen LogP contribution in [0.5, 0.6) is 5.75 Å². The van der Waals surface area contributed by atoms with Gasteiger partial charge in [-0.05, 0) is 30.3 Å². The first kappa shape index (κ1) is 12.4. The molecule has 18 heavy (non-hydrogen) atoms. The van der Waals surface area contributed by atoms with Gasteiger partial charge >= 0.3 is 0 Å². The number of nitrogens with zero attached hydrogens (tertiary/aromatic N) is 1. The maximum absolute atomic E-state index is 13.7. The molecule has 2 aromatic carbocycles. The third kappa shape index (κ3) is 2.79. The molecule has 0 N–H and O–H groups in total. The minimum atomic E-state index is -0.533. The van der Waals surface area contributed by atoms with Crippen LogP contribution in [0.1, 0.15) is 11.1 Å². The molecule has 0 aliphatic heterocycles. The maximum atomic E-state index is 13.7. The topological polar surface area (TPSA) is 33.0 Å². The molecule has 90 valence electrons. The van der Waals surface area contributed by atoms with E-state index in [1.807, 2.05) is 0 Å². The zero-order chi connectivity index (χ0) is 13.0. The highest BCUT2D eigenvalue weighted by Crippen LogP contribution is 2.18. The molecule has 0 aromatic heterocycles. The molecule has 0 atom stereocenters. The molecule has 0 aliphatic carbocycles. The lowest BCUT2D eigenvalue weighted by molar-refractivity contribution is 0.299. The van der Waals surface area contributed by atoms with Crippen LogP contribution in [-0.4, -0.2) is 0 Å². The van der Waals surface area contributed by atoms with E-state index in [0.29, 0.717) is 16.3 Å². The van der Waals surface area contributed by atoms with Crippen LogP contribution >= 0.6 is 11.6 Å². The van der Waals surface area contributed by atoms with Crippen molar-refractivity contribution in [2.75, 3.05) is 0 Å². The van der Waals surface area contributed by atoms with Crippen molar-refractivity contribution in [3.8, 4) is 11.8 Å². The van der Waals surface area contributed by atoms with Gasteiger partial charge in [0.05, 0.1) is 5.56 Å². The van der Waals surface area contributed by atoms with Gasteiger partial charge in [-0.3, -0.25) is 0 Å². The predicted molar refractivity (Wildman–Crippen MR) is 66.9 cm³/mol. The highest BCUT2D eigenvalue weighted by molar-refractivity contribution is 6.30. The molecular formula is C14H9ClFNO. The Labute approximate surface area is 109 Å². The minimum absolute atomic E-state index is 0.0206. The van der Waals surface area contributed by atoms with E-state index in [2.05, 4.69) is 0 Å². The molecule has 2 nitrogen and oxygen atoms in total. The van der Waals surface area contributed by atoms with Crippen LogP contribution in [0.2, 0.25) is 5.02 Å². The van der Waals surface area contributed by atoms with Gasteiger partial charge in [0, 0.05) is 10.6 Å². The van der Waals surface area contributed by atoms with Gasteiger partial charge in [-0.2, -0.15) is 5.26 Å². The molecule has 0 radical (unpaired) electrons. The largest absolute Gasteiger partial charge is 0.489 e. The SMILES string of the molecule is N#Cc1cccc(COc2ccc(Cl)cc2)c1F. The van der Waals surface area contributed by atoms with Crippen LogP contribution in [0, 0.1) is 17.1 Å². The van der Waals surface area contributed by atoms with Gasteiger partial charge in [-0.1, -0.05) is 23.7 Å². The summed E-state index contributed by atoms with van der Waals surface area (Å²) in [5.74, 6) is 0.0649. The van der Waals surface area contributed by atoms with Crippen LogP contribution in [0.15, 0.2) is 42.5 Å². The summed E-state index contributed by atoms with van der Waals surface area (Å²) in [4.78, 5) is 0. The lowest BCUT2D eigenvalue weighted by atomic mass is 10.1. The summed E-state index contributed by atoms with van der Waals surface area (Å²) in [5.41, 5.74) is 0.371. The fraction of sp³-hybridized carbons (Fsp3) is 0.0714. The van der Waals surface area contributed by atoms with Crippen molar-refractivity contribution in [2.24, 2.45) is 0 Å². The molecule has 0 heterocycles. The van der Waals surface area contributed by atoms with Gasteiger partial charge in [0.1, 0.15) is 24.2 Å². The summed E-state index contributed by atoms with van der Waals surface area (Å²) >= 11 is 5.74. The first-order chi connectivity index (χ1) is 8.70. The van der Waals surface area contributed by atoms with Crippen LogP contribution in [0.3, 0.4) is 0 Å². The highest BCUT2D eigenvalue weighted by atomic mass is 35.5. The van der Waals surface area contributed by atoms with E-state index in [4.69, 9.17) is 21.6 Å². The highest BCUT2D eigenvalue weighted by Gasteiger charge is 2.07. The number of hydrogen-bond donors (Lipinski definition) is 0. The Morgan fingerprint density at radius 1 is 1.17 bits per heavy atom. The molecule has 0 unspecified atom stereocenters. The van der Waals surface area contributed by atoms with E-state index in [1.165, 1.54) is 6.07 Å². The quantitative estimate of drug-likeness (QED) is 0.839. The smallest absolute Gasteiger partial charge is 0.147 e. The molecule has 0 saturated carbocycles. The van der Waals surface area contributed by atoms with E-state index in [0.717, 1.165) is 0 Å². The molecule has 0 amide bonds. The van der Waals surface area contributed by atoms with Crippen molar-refractivity contribution in [3.05, 3.63) is 64.4 Å². The Kier molecular flexibility index (Phi) is 3.81. The van der Waals surface area contributed by atoms with Crippen molar-refractivity contribution < 1.29 is 9.13 Å². The molecule has 0 bridgehead atoms. The number of ether oxygens (including phenoxy) is 1. The van der Waals surface area contributed by atoms with Gasteiger partial charge in [0.15, 0.2) is 0 Å². The van der Waals surface area contributed by atoms with Crippen molar-refractivity contribution in [2.45, 2.75) is 6.61 Å². The van der Waals surface area contributed by atoms with Gasteiger partial charge in [0.25, 0.3) is 0 Å². The van der Waals surface area contributed by atoms with Crippen LogP contribution in [0.4, 0.5) is 4.39 Å². The zero-order valence-electron chi connectivity index (χ0n) is 9.36. The Hall–Kier alpha value is -2.05. The van der Waals surface area contributed by atoms with Gasteiger partial charge in [-0.15, -0.1) is 0 Å². The lowest BCUT2D eigenvalue weighted by Gasteiger charge is -2.07. The van der Waals surface area contributed by atoms with Crippen molar-refractivity contribution in [1.82, 2.24) is 0 Å². The van der Waals surface area contributed by atoms with Crippen LogP contribution < -0.4 is 4.74 Å². The Balaban J connectivity index is 2.11. The van der Waals surface area contributed by atoms with Gasteiger partial charge in [-0.25, -0.2) is 4.39 Å². The van der Waals surface area contributed by atoms with Gasteiger partial charge < -0.3 is 4.74 Å². The third-order valence-electron chi connectivity index (χ3n) is 2.41. The maximum Gasteiger partial charge on any atom is 0.147 e. The van der Waals surface area contributed by atoms with Gasteiger partial charge in [0.2, 0.25) is 0 Å². The number of benzene rings is 2. The van der Waals surface area contributed by atoms with Crippen LogP contribution in [0.25, 0.3) is 0 Å². The normalized spacial score (nSPS) is 9.83. The molecule has 0 spiro atoms. The summed E-state index contributed by atoms with van der Waals surface area (Å²) < 4.78 is 19.1. The number of halogens is 2. The standard InChI is InChI=1S/C14H9ClFNO/c15-12-4-6-13(7-5-12)18-9-11-3-1-2-10(8-17)14(11)16/h1-7H,9H2. The minimum Gasteiger partial charge on any atom is -0.489 e. The van der Waals surface area contributed by atoms with E-state index < -0.39 is 5.82 Å². The fourth-order valence-electron chi connectivity index (χ4n) is 1.47. The van der Waals surface area contributed by atoms with E-state index in [9.17, 15) is 4.39 Å². The number of rotatable bonds is 3. The third-order valence-corrected chi connectivity index (χ3v) is 2.66. The first-order valence-electron chi connectivity index (χ1n) is 5.26. The second kappa shape index (κ2) is 5.52. The zero-order valence-corrected chi connectivity index (χ0v) is 10.1. The summed E-state index contributed by atoms with van der Waals surface area (Å²) in [6, 6.07) is 13.2. The molecule has 0 saturated heterocycles. The molecule has 2 aromatic rings. The van der Waals surface area contributed by atoms with Crippen molar-refractivity contribution in [1.29, 1.82) is 5.26 Å². The fourth-order valence-corrected chi connectivity index (χ4v) is 1.60. The van der Waals surface area contributed by atoms with E-state index >= 15 is 0 Å². The summed E-state index contributed by atoms with van der Waals surface area (Å²) in [7, 11) is 0. The summed E-state index contributed by atoms with van der Waals surface area (Å²) in [6.45, 7) is 0.0724. The Bertz CT molecular complexity index is 590. The molecule has 4 heteroatoms. The first-order valence-corrected chi connectivity index (χ1v) is 5.64. The molecular weight excluding hydrogens is 253 g/mol. The molecule has 0 aliphatic rings. The van der Waals surface area contributed by atoms with E-state index in [1.54, 1.807) is 42.5 Å². The number of hydrogen-bond acceptors (Lipinski definition) is 2. The van der Waals surface area contributed by atoms with Crippen molar-refractivity contribution in [3.63, 3.8) is 0 Å². The van der Waals surface area contributed by atoms with E-state index in [-0.39, 0.29) is 12.2 Å². The molecule has 2 rings (SSSR count). The Morgan fingerprint density at radius 2 is 1.89 bits per heavy atom. The van der Waals surface area contributed by atoms with Crippen molar-refractivity contribution >= 4 is 11.6 Å². The monoisotopic (exact) mass is 261 g/mol. The number of nitriles is 1. The average molecular weight is 262 g/mol. The predicted octanol–water partition coefficient (Wildman–Crippen LogP) is 3.93. The second-order valence-corrected chi connectivity index (χ2v) is 4.07. The average Bonchev–Trinajstić information content (AvgIpc) is 2.39. The van der Waals surface area contributed by atoms with Crippen LogP contribution in [-0.2, 0) is 6.61 Å². The lowest BCUT2D eigenvalue weighted by Crippen LogP contribution is -2.00. The second-order valence-electron chi connectivity index (χ2n) is 3.63. The molecule has 0 fully saturated rings. The summed E-state index contributed by atoms with van der Waals surface area (Å²) in [6.07, 6.45) is 0.